The molecule has 0 saturated carbocycles. The van der Waals surface area contributed by atoms with Crippen LogP contribution >= 0.6 is 0 Å². The zero-order chi connectivity index (χ0) is 22.0. The predicted octanol–water partition coefficient (Wildman–Crippen LogP) is 3.75. The Bertz CT molecular complexity index is 1370. The number of hydrogen-bond donors (Lipinski definition) is 1. The van der Waals surface area contributed by atoms with E-state index in [9.17, 15) is 17.6 Å². The van der Waals surface area contributed by atoms with Crippen LogP contribution in [0, 0.1) is 5.82 Å². The molecule has 0 spiro atoms. The van der Waals surface area contributed by atoms with Crippen molar-refractivity contribution < 1.29 is 22.3 Å². The molecule has 0 saturated heterocycles. The second-order valence-corrected chi connectivity index (χ2v) is 8.82. The van der Waals surface area contributed by atoms with Crippen molar-refractivity contribution in [2.75, 3.05) is 7.11 Å². The van der Waals surface area contributed by atoms with Crippen molar-refractivity contribution in [2.45, 2.75) is 22.6 Å². The fourth-order valence-corrected chi connectivity index (χ4v) is 4.49. The van der Waals surface area contributed by atoms with Crippen molar-refractivity contribution in [3.63, 3.8) is 0 Å². The number of halogens is 1. The molecule has 0 atom stereocenters. The summed E-state index contributed by atoms with van der Waals surface area (Å²) >= 11 is 0. The summed E-state index contributed by atoms with van der Waals surface area (Å²) < 4.78 is 44.6. The monoisotopic (exact) mass is 439 g/mol. The van der Waals surface area contributed by atoms with Crippen molar-refractivity contribution >= 4 is 26.7 Å². The maximum atomic E-state index is 14.2. The summed E-state index contributed by atoms with van der Waals surface area (Å²) in [7, 11) is -2.64. The van der Waals surface area contributed by atoms with Crippen LogP contribution in [0.4, 0.5) is 4.39 Å². The van der Waals surface area contributed by atoms with E-state index in [1.807, 2.05) is 0 Å². The van der Waals surface area contributed by atoms with E-state index in [4.69, 9.17) is 4.74 Å². The van der Waals surface area contributed by atoms with E-state index < -0.39 is 20.5 Å². The van der Waals surface area contributed by atoms with Crippen molar-refractivity contribution in [2.24, 2.45) is 0 Å². The topological polar surface area (TPSA) is 102 Å². The first-order valence-corrected chi connectivity index (χ1v) is 10.9. The highest BCUT2D eigenvalue weighted by molar-refractivity contribution is 7.91. The van der Waals surface area contributed by atoms with Gasteiger partial charge in [0.1, 0.15) is 16.5 Å². The molecule has 0 bridgehead atoms. The Morgan fingerprint density at radius 1 is 1.10 bits per heavy atom. The molecule has 0 aliphatic heterocycles. The fourth-order valence-electron chi connectivity index (χ4n) is 3.18. The molecule has 2 aromatic heterocycles. The number of nitrogens with one attached hydrogen (secondary N) is 1. The highest BCUT2D eigenvalue weighted by Gasteiger charge is 2.22. The Morgan fingerprint density at radius 2 is 1.87 bits per heavy atom. The molecule has 4 rings (SSSR count). The number of methoxy groups -OCH3 is 1. The maximum absolute atomic E-state index is 14.2. The number of H-pyrrole nitrogens is 1. The number of nitrogens with zero attached hydrogens (tertiary/aromatic N) is 2. The van der Waals surface area contributed by atoms with Gasteiger partial charge in [0, 0.05) is 29.6 Å². The van der Waals surface area contributed by atoms with Crippen LogP contribution in [0.2, 0.25) is 0 Å². The van der Waals surface area contributed by atoms with Gasteiger partial charge in [0.25, 0.3) is 0 Å². The summed E-state index contributed by atoms with van der Waals surface area (Å²) in [5.74, 6) is -0.719. The number of Topliss-reactive ketones (excluding diaryl/α,β-unsaturated/α-hetero) is 1. The highest BCUT2D eigenvalue weighted by atomic mass is 32.2. The van der Waals surface area contributed by atoms with Crippen LogP contribution in [-0.4, -0.2) is 36.5 Å². The number of pyridine rings is 1. The zero-order valence-electron chi connectivity index (χ0n) is 16.5. The molecule has 158 valence electrons. The summed E-state index contributed by atoms with van der Waals surface area (Å²) in [5, 5.41) is 7.37. The van der Waals surface area contributed by atoms with Gasteiger partial charge in [-0.2, -0.15) is 5.10 Å². The molecule has 0 unspecified atom stereocenters. The van der Waals surface area contributed by atoms with E-state index in [1.54, 1.807) is 24.4 Å². The van der Waals surface area contributed by atoms with Crippen LogP contribution in [0.5, 0.6) is 5.75 Å². The molecule has 2 heterocycles. The van der Waals surface area contributed by atoms with Gasteiger partial charge in [-0.25, -0.2) is 17.8 Å². The molecule has 1 N–H and O–H groups in total. The van der Waals surface area contributed by atoms with Crippen molar-refractivity contribution in [3.8, 4) is 5.75 Å². The fraction of sp³-hybridized carbons (Fsp3) is 0.136. The van der Waals surface area contributed by atoms with Crippen LogP contribution in [0.15, 0.2) is 70.7 Å². The van der Waals surface area contributed by atoms with Gasteiger partial charge >= 0.3 is 0 Å². The minimum Gasteiger partial charge on any atom is -0.497 e. The molecule has 4 aromatic rings. The molecule has 7 nitrogen and oxygen atoms in total. The molecule has 9 heteroatoms. The molecule has 0 fully saturated rings. The van der Waals surface area contributed by atoms with Crippen molar-refractivity contribution in [3.05, 3.63) is 77.9 Å². The van der Waals surface area contributed by atoms with Crippen LogP contribution in [0.3, 0.4) is 0 Å². The molecular weight excluding hydrogens is 421 g/mol. The van der Waals surface area contributed by atoms with E-state index in [0.717, 1.165) is 17.0 Å². The lowest BCUT2D eigenvalue weighted by Gasteiger charge is -2.08. The third-order valence-electron chi connectivity index (χ3n) is 4.92. The van der Waals surface area contributed by atoms with Crippen LogP contribution in [0.1, 0.15) is 22.3 Å². The summed E-state index contributed by atoms with van der Waals surface area (Å²) in [4.78, 5) is 16.2. The van der Waals surface area contributed by atoms with Gasteiger partial charge in [0.15, 0.2) is 11.4 Å². The van der Waals surface area contributed by atoms with Gasteiger partial charge in [-0.3, -0.25) is 9.89 Å². The quantitative estimate of drug-likeness (QED) is 0.440. The lowest BCUT2D eigenvalue weighted by Crippen LogP contribution is -2.05. The molecule has 0 aliphatic rings. The second-order valence-electron chi connectivity index (χ2n) is 6.90. The van der Waals surface area contributed by atoms with E-state index >= 15 is 0 Å². The van der Waals surface area contributed by atoms with Gasteiger partial charge in [-0.1, -0.05) is 12.1 Å². The van der Waals surface area contributed by atoms with E-state index in [2.05, 4.69) is 15.2 Å². The minimum atomic E-state index is -4.02. The van der Waals surface area contributed by atoms with Crippen LogP contribution in [0.25, 0.3) is 11.0 Å². The average Bonchev–Trinajstić information content (AvgIpc) is 3.25. The molecular formula is C22H18FN3O4S. The second kappa shape index (κ2) is 8.27. The SMILES string of the molecule is COc1ccc(S(=O)(=O)c2ccc(CCC(=O)c3cnc4[nH]ncc4c3)cc2)c(F)c1. The normalized spacial score (nSPS) is 11.5. The number of rotatable bonds is 7. The molecule has 0 radical (unpaired) electrons. The Morgan fingerprint density at radius 3 is 2.58 bits per heavy atom. The van der Waals surface area contributed by atoms with Crippen LogP contribution in [-0.2, 0) is 16.3 Å². The summed E-state index contributed by atoms with van der Waals surface area (Å²) in [6.45, 7) is 0. The lowest BCUT2D eigenvalue weighted by molar-refractivity contribution is 0.0982. The number of carbonyl (C=O) groups is 1. The number of aryl methyl sites for hydroxylation is 1. The summed E-state index contributed by atoms with van der Waals surface area (Å²) in [6.07, 6.45) is 3.77. The largest absolute Gasteiger partial charge is 0.497 e. The zero-order valence-corrected chi connectivity index (χ0v) is 17.3. The minimum absolute atomic E-state index is 0.0266. The lowest BCUT2D eigenvalue weighted by atomic mass is 10.0. The van der Waals surface area contributed by atoms with Gasteiger partial charge in [-0.05, 0) is 42.3 Å². The first kappa shape index (κ1) is 20.7. The standard InChI is InChI=1S/C22H18FN3O4S/c1-30-17-5-9-21(19(23)11-17)31(28,29)18-6-2-14(3-7-18)4-8-20(27)15-10-16-13-25-26-22(16)24-12-15/h2-3,5-7,9-13H,4,8H2,1H3,(H,24,25,26). The van der Waals surface area contributed by atoms with Crippen molar-refractivity contribution in [1.82, 2.24) is 15.2 Å². The number of fused-ring (bicyclic) bond motifs is 1. The van der Waals surface area contributed by atoms with Gasteiger partial charge < -0.3 is 4.74 Å². The van der Waals surface area contributed by atoms with E-state index in [0.29, 0.717) is 17.6 Å². The summed E-state index contributed by atoms with van der Waals surface area (Å²) in [5.41, 5.74) is 1.89. The van der Waals surface area contributed by atoms with Gasteiger partial charge in [-0.15, -0.1) is 0 Å². The number of benzene rings is 2. The number of ether oxygens (including phenoxy) is 1. The third kappa shape index (κ3) is 4.17. The van der Waals surface area contributed by atoms with Crippen molar-refractivity contribution in [1.29, 1.82) is 0 Å². The van der Waals surface area contributed by atoms with E-state index in [-0.39, 0.29) is 22.8 Å². The first-order chi connectivity index (χ1) is 14.9. The van der Waals surface area contributed by atoms with E-state index in [1.165, 1.54) is 37.6 Å². The molecule has 0 aliphatic carbocycles. The number of carbonyl (C=O) groups excluding carboxylic acids is 1. The highest BCUT2D eigenvalue weighted by Crippen LogP contribution is 2.26. The average molecular weight is 439 g/mol. The molecule has 2 aromatic carbocycles. The summed E-state index contributed by atoms with van der Waals surface area (Å²) in [6, 6.07) is 11.4. The Kier molecular flexibility index (Phi) is 5.51. The Labute approximate surface area is 177 Å². The number of aromatic amines is 1. The number of ketones is 1. The first-order valence-electron chi connectivity index (χ1n) is 9.38. The Balaban J connectivity index is 1.47. The Hall–Kier alpha value is -3.59. The molecule has 0 amide bonds. The van der Waals surface area contributed by atoms with Gasteiger partial charge in [0.2, 0.25) is 9.84 Å². The number of sulfone groups is 1. The smallest absolute Gasteiger partial charge is 0.209 e. The van der Waals surface area contributed by atoms with Gasteiger partial charge in [0.05, 0.1) is 18.2 Å². The molecule has 31 heavy (non-hydrogen) atoms. The predicted molar refractivity (Wildman–Crippen MR) is 111 cm³/mol. The number of aromatic nitrogens is 3. The maximum Gasteiger partial charge on any atom is 0.209 e. The van der Waals surface area contributed by atoms with Crippen LogP contribution < -0.4 is 4.74 Å². The number of hydrogen-bond acceptors (Lipinski definition) is 6. The third-order valence-corrected chi connectivity index (χ3v) is 6.72.